The number of carbonyl (C=O) groups is 1. The third-order valence-electron chi connectivity index (χ3n) is 3.35. The number of aromatic amines is 1. The van der Waals surface area contributed by atoms with Gasteiger partial charge in [0.05, 0.1) is 17.4 Å². The lowest BCUT2D eigenvalue weighted by molar-refractivity contribution is -0.117. The van der Waals surface area contributed by atoms with Crippen LogP contribution in [0.2, 0.25) is 0 Å². The van der Waals surface area contributed by atoms with E-state index in [4.69, 9.17) is 5.53 Å². The average Bonchev–Trinajstić information content (AvgIpc) is 3.02. The molecule has 19 heavy (non-hydrogen) atoms. The molecule has 7 nitrogen and oxygen atoms in total. The van der Waals surface area contributed by atoms with Crippen LogP contribution in [0.15, 0.2) is 29.5 Å². The molecule has 1 unspecified atom stereocenters. The first kappa shape index (κ1) is 11.6. The van der Waals surface area contributed by atoms with Crippen LogP contribution in [-0.2, 0) is 4.79 Å². The number of anilines is 1. The number of amides is 1. The predicted octanol–water partition coefficient (Wildman–Crippen LogP) is 2.23. The summed E-state index contributed by atoms with van der Waals surface area (Å²) in [5.41, 5.74) is 10.0. The van der Waals surface area contributed by atoms with Gasteiger partial charge >= 0.3 is 0 Å². The van der Waals surface area contributed by atoms with Gasteiger partial charge in [0.1, 0.15) is 0 Å². The first-order valence-corrected chi connectivity index (χ1v) is 6.03. The predicted molar refractivity (Wildman–Crippen MR) is 70.6 cm³/mol. The summed E-state index contributed by atoms with van der Waals surface area (Å²) in [7, 11) is 0. The molecule has 0 radical (unpaired) electrons. The lowest BCUT2D eigenvalue weighted by Gasteiger charge is -2.17. The molecule has 1 atom stereocenters. The number of H-pyrrole nitrogens is 1. The molecule has 0 bridgehead atoms. The van der Waals surface area contributed by atoms with Crippen LogP contribution in [0.25, 0.3) is 21.3 Å². The quantitative estimate of drug-likeness (QED) is 0.517. The van der Waals surface area contributed by atoms with E-state index >= 15 is 0 Å². The minimum absolute atomic E-state index is 0.0558. The molecule has 96 valence electrons. The van der Waals surface area contributed by atoms with E-state index in [2.05, 4.69) is 20.2 Å². The van der Waals surface area contributed by atoms with Crippen LogP contribution in [0.3, 0.4) is 0 Å². The van der Waals surface area contributed by atoms with Gasteiger partial charge in [0, 0.05) is 29.8 Å². The summed E-state index contributed by atoms with van der Waals surface area (Å²) in [6, 6.07) is 5.75. The van der Waals surface area contributed by atoms with E-state index in [1.807, 2.05) is 18.2 Å². The smallest absolute Gasteiger partial charge is 0.227 e. The fraction of sp³-hybridized carbons (Fsp3) is 0.333. The maximum atomic E-state index is 12.1. The van der Waals surface area contributed by atoms with E-state index < -0.39 is 0 Å². The highest BCUT2D eigenvalue weighted by Crippen LogP contribution is 2.30. The zero-order valence-electron chi connectivity index (χ0n) is 10.2. The second-order valence-electron chi connectivity index (χ2n) is 4.60. The largest absolute Gasteiger partial charge is 0.310 e. The Hall–Kier alpha value is -2.53. The Balaban J connectivity index is 1.92. The molecule has 2 heterocycles. The van der Waals surface area contributed by atoms with Crippen LogP contribution < -0.4 is 4.90 Å². The van der Waals surface area contributed by atoms with E-state index in [1.165, 1.54) is 0 Å². The van der Waals surface area contributed by atoms with Crippen molar-refractivity contribution in [3.05, 3.63) is 34.8 Å². The second-order valence-corrected chi connectivity index (χ2v) is 4.60. The molecular formula is C12H12N6O. The molecule has 1 amide bonds. The van der Waals surface area contributed by atoms with Gasteiger partial charge in [-0.05, 0) is 17.5 Å². The molecule has 2 aromatic rings. The normalized spacial score (nSPS) is 18.8. The van der Waals surface area contributed by atoms with Gasteiger partial charge in [-0.1, -0.05) is 17.2 Å². The standard InChI is InChI=1S/C12H12N6O/c13-17-15-5-8-4-11(19)18(7-8)10-3-1-2-9-6-14-16-12(9)10/h1-3,6,8H,4-5,7H2,(H,14,16). The number of rotatable bonds is 3. The number of para-hydroxylation sites is 1. The summed E-state index contributed by atoms with van der Waals surface area (Å²) < 4.78 is 0. The van der Waals surface area contributed by atoms with Gasteiger partial charge in [0.25, 0.3) is 0 Å². The summed E-state index contributed by atoms with van der Waals surface area (Å²) in [4.78, 5) is 16.5. The van der Waals surface area contributed by atoms with E-state index in [9.17, 15) is 4.79 Å². The van der Waals surface area contributed by atoms with Crippen molar-refractivity contribution in [2.75, 3.05) is 18.0 Å². The highest BCUT2D eigenvalue weighted by molar-refractivity contribution is 6.03. The molecule has 0 spiro atoms. The van der Waals surface area contributed by atoms with Crippen molar-refractivity contribution >= 4 is 22.5 Å². The molecule has 3 rings (SSSR count). The summed E-state index contributed by atoms with van der Waals surface area (Å²) >= 11 is 0. The topological polar surface area (TPSA) is 97.8 Å². The van der Waals surface area contributed by atoms with Crippen LogP contribution in [0.5, 0.6) is 0 Å². The third-order valence-corrected chi connectivity index (χ3v) is 3.35. The number of nitrogens with one attached hydrogen (secondary N) is 1. The number of hydrogen-bond donors (Lipinski definition) is 1. The molecule has 1 fully saturated rings. The molecule has 7 heteroatoms. The Labute approximate surface area is 108 Å². The maximum Gasteiger partial charge on any atom is 0.227 e. The molecule has 1 aliphatic heterocycles. The Morgan fingerprint density at radius 1 is 1.58 bits per heavy atom. The van der Waals surface area contributed by atoms with Gasteiger partial charge < -0.3 is 4.90 Å². The molecule has 1 aromatic heterocycles. The third kappa shape index (κ3) is 2.00. The van der Waals surface area contributed by atoms with Crippen molar-refractivity contribution in [3.8, 4) is 0 Å². The van der Waals surface area contributed by atoms with Crippen molar-refractivity contribution in [1.29, 1.82) is 0 Å². The molecule has 0 saturated carbocycles. The number of hydrogen-bond acceptors (Lipinski definition) is 3. The number of carbonyl (C=O) groups excluding carboxylic acids is 1. The summed E-state index contributed by atoms with van der Waals surface area (Å²) in [5, 5.41) is 11.4. The van der Waals surface area contributed by atoms with Gasteiger partial charge in [-0.3, -0.25) is 9.89 Å². The van der Waals surface area contributed by atoms with Crippen LogP contribution >= 0.6 is 0 Å². The molecule has 1 aliphatic rings. The number of azide groups is 1. The number of benzene rings is 1. The monoisotopic (exact) mass is 256 g/mol. The molecular weight excluding hydrogens is 244 g/mol. The van der Waals surface area contributed by atoms with Gasteiger partial charge in [-0.15, -0.1) is 0 Å². The molecule has 1 N–H and O–H groups in total. The van der Waals surface area contributed by atoms with E-state index in [0.717, 1.165) is 16.6 Å². The van der Waals surface area contributed by atoms with Crippen LogP contribution in [0, 0.1) is 5.92 Å². The van der Waals surface area contributed by atoms with E-state index in [0.29, 0.717) is 19.5 Å². The number of nitrogens with zero attached hydrogens (tertiary/aromatic N) is 5. The Kier molecular flexibility index (Phi) is 2.81. The van der Waals surface area contributed by atoms with Gasteiger partial charge in [-0.25, -0.2) is 0 Å². The van der Waals surface area contributed by atoms with Gasteiger partial charge in [-0.2, -0.15) is 5.10 Å². The number of aromatic nitrogens is 2. The van der Waals surface area contributed by atoms with Crippen molar-refractivity contribution in [1.82, 2.24) is 10.2 Å². The fourth-order valence-corrected chi connectivity index (χ4v) is 2.47. The van der Waals surface area contributed by atoms with E-state index in [-0.39, 0.29) is 11.8 Å². The van der Waals surface area contributed by atoms with Crippen LogP contribution in [0.4, 0.5) is 5.69 Å². The number of fused-ring (bicyclic) bond motifs is 1. The zero-order valence-corrected chi connectivity index (χ0v) is 10.2. The first-order chi connectivity index (χ1) is 9.29. The first-order valence-electron chi connectivity index (χ1n) is 6.03. The Morgan fingerprint density at radius 3 is 3.32 bits per heavy atom. The lowest BCUT2D eigenvalue weighted by Crippen LogP contribution is -2.25. The average molecular weight is 256 g/mol. The minimum Gasteiger partial charge on any atom is -0.310 e. The Bertz CT molecular complexity index is 672. The lowest BCUT2D eigenvalue weighted by atomic mass is 10.1. The summed E-state index contributed by atoms with van der Waals surface area (Å²) in [6.07, 6.45) is 2.15. The van der Waals surface area contributed by atoms with Gasteiger partial charge in [0.2, 0.25) is 5.91 Å². The molecule has 1 aromatic carbocycles. The molecule has 0 aliphatic carbocycles. The van der Waals surface area contributed by atoms with Crippen molar-refractivity contribution in [2.45, 2.75) is 6.42 Å². The minimum atomic E-state index is 0.0558. The fourth-order valence-electron chi connectivity index (χ4n) is 2.47. The maximum absolute atomic E-state index is 12.1. The zero-order chi connectivity index (χ0) is 13.2. The Morgan fingerprint density at radius 2 is 2.47 bits per heavy atom. The van der Waals surface area contributed by atoms with Crippen molar-refractivity contribution in [3.63, 3.8) is 0 Å². The summed E-state index contributed by atoms with van der Waals surface area (Å²) in [5.74, 6) is 0.141. The van der Waals surface area contributed by atoms with Crippen LogP contribution in [0.1, 0.15) is 6.42 Å². The van der Waals surface area contributed by atoms with Crippen LogP contribution in [-0.4, -0.2) is 29.2 Å². The summed E-state index contributed by atoms with van der Waals surface area (Å²) in [6.45, 7) is 0.938. The van der Waals surface area contributed by atoms with Gasteiger partial charge in [0.15, 0.2) is 0 Å². The highest BCUT2D eigenvalue weighted by Gasteiger charge is 2.31. The van der Waals surface area contributed by atoms with Crippen molar-refractivity contribution in [2.24, 2.45) is 11.0 Å². The molecule has 1 saturated heterocycles. The van der Waals surface area contributed by atoms with E-state index in [1.54, 1.807) is 11.1 Å². The highest BCUT2D eigenvalue weighted by atomic mass is 16.2. The SMILES string of the molecule is [N-]=[N+]=NCC1CC(=O)N(c2cccc3cn[nH]c23)C1. The second kappa shape index (κ2) is 4.62. The van der Waals surface area contributed by atoms with Crippen molar-refractivity contribution < 1.29 is 4.79 Å².